The summed E-state index contributed by atoms with van der Waals surface area (Å²) in [4.78, 5) is 28.4. The number of nitrogens with one attached hydrogen (secondary N) is 2. The molecule has 0 radical (unpaired) electrons. The van der Waals surface area contributed by atoms with Crippen LogP contribution < -0.4 is 15.4 Å². The maximum atomic E-state index is 12.7. The maximum absolute atomic E-state index is 12.7. The summed E-state index contributed by atoms with van der Waals surface area (Å²) in [7, 11) is 1.57. The van der Waals surface area contributed by atoms with Gasteiger partial charge in [-0.2, -0.15) is 0 Å². The zero-order valence-electron chi connectivity index (χ0n) is 16.1. The topological polar surface area (TPSA) is 85.2 Å². The summed E-state index contributed by atoms with van der Waals surface area (Å²) in [5.41, 5.74) is 2.39. The average molecular weight is 380 g/mol. The lowest BCUT2D eigenvalue weighted by Gasteiger charge is -2.12. The van der Waals surface area contributed by atoms with Gasteiger partial charge in [0.15, 0.2) is 0 Å². The maximum Gasteiger partial charge on any atom is 0.244 e. The van der Waals surface area contributed by atoms with E-state index in [1.54, 1.807) is 19.2 Å². The van der Waals surface area contributed by atoms with Gasteiger partial charge >= 0.3 is 0 Å². The molecule has 1 aromatic heterocycles. The van der Waals surface area contributed by atoms with Crippen LogP contribution in [0.25, 0.3) is 11.0 Å². The lowest BCUT2D eigenvalue weighted by molar-refractivity contribution is -0.119. The molecule has 146 valence electrons. The van der Waals surface area contributed by atoms with Crippen LogP contribution in [0.1, 0.15) is 19.2 Å². The molecule has 1 heterocycles. The van der Waals surface area contributed by atoms with Gasteiger partial charge in [0.05, 0.1) is 23.8 Å². The Morgan fingerprint density at radius 2 is 1.86 bits per heavy atom. The molecule has 0 aliphatic heterocycles. The number of para-hydroxylation sites is 4. The minimum Gasteiger partial charge on any atom is -0.495 e. The largest absolute Gasteiger partial charge is 0.495 e. The summed E-state index contributed by atoms with van der Waals surface area (Å²) in [5.74, 6) is 1.23. The second-order valence-electron chi connectivity index (χ2n) is 6.44. The molecule has 0 saturated carbocycles. The van der Waals surface area contributed by atoms with Crippen LogP contribution in [0.2, 0.25) is 0 Å². The number of aryl methyl sites for hydroxylation is 1. The number of anilines is 1. The normalized spacial score (nSPS) is 10.6. The first-order valence-electron chi connectivity index (χ1n) is 9.20. The Morgan fingerprint density at radius 1 is 1.11 bits per heavy atom. The summed E-state index contributed by atoms with van der Waals surface area (Å²) in [6.45, 7) is 2.22. The predicted octanol–water partition coefficient (Wildman–Crippen LogP) is 2.75. The second kappa shape index (κ2) is 9.03. The predicted molar refractivity (Wildman–Crippen MR) is 108 cm³/mol. The Bertz CT molecular complexity index is 981. The number of hydrogen-bond donors (Lipinski definition) is 2. The van der Waals surface area contributed by atoms with Crippen LogP contribution in [0.4, 0.5) is 5.69 Å². The highest BCUT2D eigenvalue weighted by Crippen LogP contribution is 2.23. The van der Waals surface area contributed by atoms with Gasteiger partial charge in [0.1, 0.15) is 18.1 Å². The van der Waals surface area contributed by atoms with Gasteiger partial charge in [0.2, 0.25) is 11.8 Å². The molecule has 0 aliphatic rings. The Morgan fingerprint density at radius 3 is 2.64 bits per heavy atom. The second-order valence-corrected chi connectivity index (χ2v) is 6.44. The Hall–Kier alpha value is -3.35. The number of carbonyl (C=O) groups excluding carboxylic acids is 2. The molecule has 0 fully saturated rings. The third kappa shape index (κ3) is 4.68. The molecule has 2 N–H and O–H groups in total. The van der Waals surface area contributed by atoms with E-state index in [2.05, 4.69) is 15.6 Å². The molecular weight excluding hydrogens is 356 g/mol. The van der Waals surface area contributed by atoms with Crippen molar-refractivity contribution in [1.29, 1.82) is 0 Å². The quantitative estimate of drug-likeness (QED) is 0.589. The molecule has 0 atom stereocenters. The molecule has 0 saturated heterocycles. The van der Waals surface area contributed by atoms with Crippen molar-refractivity contribution in [3.8, 4) is 5.75 Å². The third-order valence-corrected chi connectivity index (χ3v) is 4.37. The van der Waals surface area contributed by atoms with E-state index in [9.17, 15) is 9.59 Å². The fourth-order valence-electron chi connectivity index (χ4n) is 3.08. The van der Waals surface area contributed by atoms with Gasteiger partial charge in [-0.3, -0.25) is 9.59 Å². The number of carbonyl (C=O) groups is 2. The Labute approximate surface area is 163 Å². The Balaban J connectivity index is 1.77. The molecule has 0 bridgehead atoms. The third-order valence-electron chi connectivity index (χ3n) is 4.37. The number of hydrogen-bond acceptors (Lipinski definition) is 4. The highest BCUT2D eigenvalue weighted by atomic mass is 16.5. The summed E-state index contributed by atoms with van der Waals surface area (Å²) in [6.07, 6.45) is 1.41. The monoisotopic (exact) mass is 380 g/mol. The first-order chi connectivity index (χ1) is 13.6. The highest BCUT2D eigenvalue weighted by Gasteiger charge is 2.14. The first-order valence-corrected chi connectivity index (χ1v) is 9.20. The van der Waals surface area contributed by atoms with Gasteiger partial charge in [-0.1, -0.05) is 24.3 Å². The molecule has 3 rings (SSSR count). The van der Waals surface area contributed by atoms with Crippen LogP contribution >= 0.6 is 0 Å². The van der Waals surface area contributed by atoms with Crippen molar-refractivity contribution < 1.29 is 14.3 Å². The molecule has 7 nitrogen and oxygen atoms in total. The van der Waals surface area contributed by atoms with Gasteiger partial charge in [0, 0.05) is 19.9 Å². The zero-order chi connectivity index (χ0) is 19.9. The molecule has 2 aromatic carbocycles. The molecule has 7 heteroatoms. The number of methoxy groups -OCH3 is 1. The summed E-state index contributed by atoms with van der Waals surface area (Å²) < 4.78 is 7.22. The minimum absolute atomic E-state index is 0.0512. The summed E-state index contributed by atoms with van der Waals surface area (Å²) in [5, 5.41) is 5.69. The number of amides is 2. The summed E-state index contributed by atoms with van der Waals surface area (Å²) in [6, 6.07) is 15.0. The number of ether oxygens (including phenoxy) is 1. The van der Waals surface area contributed by atoms with Crippen molar-refractivity contribution in [3.63, 3.8) is 0 Å². The number of rotatable bonds is 8. The van der Waals surface area contributed by atoms with Gasteiger partial charge in [-0.25, -0.2) is 4.98 Å². The van der Waals surface area contributed by atoms with Gasteiger partial charge in [-0.05, 0) is 30.7 Å². The fourth-order valence-corrected chi connectivity index (χ4v) is 3.08. The molecule has 2 amide bonds. The lowest BCUT2D eigenvalue weighted by atomic mass is 10.2. The van der Waals surface area contributed by atoms with Crippen LogP contribution in [0, 0.1) is 0 Å². The van der Waals surface area contributed by atoms with Crippen LogP contribution in [0.3, 0.4) is 0 Å². The van der Waals surface area contributed by atoms with Crippen molar-refractivity contribution in [1.82, 2.24) is 14.9 Å². The van der Waals surface area contributed by atoms with Crippen molar-refractivity contribution in [2.24, 2.45) is 0 Å². The minimum atomic E-state index is -0.157. The molecule has 28 heavy (non-hydrogen) atoms. The van der Waals surface area contributed by atoms with E-state index in [-0.39, 0.29) is 18.4 Å². The molecule has 0 unspecified atom stereocenters. The molecular formula is C21H24N4O3. The van der Waals surface area contributed by atoms with Crippen molar-refractivity contribution in [3.05, 3.63) is 54.4 Å². The van der Waals surface area contributed by atoms with E-state index in [4.69, 9.17) is 4.74 Å². The van der Waals surface area contributed by atoms with Crippen LogP contribution in [-0.2, 0) is 22.6 Å². The Kier molecular flexibility index (Phi) is 6.26. The van der Waals surface area contributed by atoms with Crippen molar-refractivity contribution in [2.75, 3.05) is 19.0 Å². The molecule has 0 spiro atoms. The van der Waals surface area contributed by atoms with Crippen molar-refractivity contribution >= 4 is 28.5 Å². The smallest absolute Gasteiger partial charge is 0.244 e. The van der Waals surface area contributed by atoms with E-state index in [1.807, 2.05) is 41.0 Å². The number of imidazole rings is 1. The standard InChI is InChI=1S/C21H24N4O3/c1-15(26)22-13-7-12-20-23-16-8-3-5-10-18(16)25(20)14-21(27)24-17-9-4-6-11-19(17)28-2/h3-6,8-11H,7,12-14H2,1-2H3,(H,22,26)(H,24,27). The average Bonchev–Trinajstić information content (AvgIpc) is 3.03. The highest BCUT2D eigenvalue weighted by molar-refractivity contribution is 5.93. The number of fused-ring (bicyclic) bond motifs is 1. The summed E-state index contributed by atoms with van der Waals surface area (Å²) >= 11 is 0. The van der Waals surface area contributed by atoms with E-state index in [0.717, 1.165) is 23.3 Å². The SMILES string of the molecule is COc1ccccc1NC(=O)Cn1c(CCCNC(C)=O)nc2ccccc21. The van der Waals surface area contributed by atoms with E-state index < -0.39 is 0 Å². The molecule has 3 aromatic rings. The number of nitrogens with zero attached hydrogens (tertiary/aromatic N) is 2. The van der Waals surface area contributed by atoms with Gasteiger partial charge < -0.3 is 19.9 Å². The van der Waals surface area contributed by atoms with Crippen LogP contribution in [0.5, 0.6) is 5.75 Å². The molecule has 0 aliphatic carbocycles. The zero-order valence-corrected chi connectivity index (χ0v) is 16.1. The lowest BCUT2D eigenvalue weighted by Crippen LogP contribution is -2.23. The van der Waals surface area contributed by atoms with E-state index in [1.165, 1.54) is 6.92 Å². The van der Waals surface area contributed by atoms with Gasteiger partial charge in [-0.15, -0.1) is 0 Å². The van der Waals surface area contributed by atoms with Crippen LogP contribution in [-0.4, -0.2) is 35.0 Å². The fraction of sp³-hybridized carbons (Fsp3) is 0.286. The van der Waals surface area contributed by atoms with Crippen molar-refractivity contribution in [2.45, 2.75) is 26.3 Å². The number of aromatic nitrogens is 2. The van der Waals surface area contributed by atoms with E-state index >= 15 is 0 Å². The first kappa shape index (κ1) is 19.4. The van der Waals surface area contributed by atoms with E-state index in [0.29, 0.717) is 24.4 Å². The van der Waals surface area contributed by atoms with Gasteiger partial charge in [0.25, 0.3) is 0 Å². The number of benzene rings is 2. The van der Waals surface area contributed by atoms with Crippen LogP contribution in [0.15, 0.2) is 48.5 Å².